The number of anilines is 2. The average molecular weight is 293 g/mol. The number of nitrogens with zero attached hydrogens (tertiary/aromatic N) is 2. The molecule has 19 heavy (non-hydrogen) atoms. The molecule has 2 nitrogen and oxygen atoms in total. The monoisotopic (exact) mass is 292 g/mol. The highest BCUT2D eigenvalue weighted by atomic mass is 35.5. The predicted octanol–water partition coefficient (Wildman–Crippen LogP) is 4.56. The molecule has 2 heterocycles. The number of hydrogen-bond donors (Lipinski definition) is 0. The first kappa shape index (κ1) is 12.8. The van der Waals surface area contributed by atoms with E-state index in [9.17, 15) is 0 Å². The van der Waals surface area contributed by atoms with Crippen LogP contribution in [0, 0.1) is 0 Å². The maximum Gasteiger partial charge on any atom is 0.151 e. The highest BCUT2D eigenvalue weighted by Crippen LogP contribution is 2.35. The van der Waals surface area contributed by atoms with Crippen LogP contribution in [-0.4, -0.2) is 11.5 Å². The molecule has 2 aromatic rings. The molecule has 0 spiro atoms. The van der Waals surface area contributed by atoms with Crippen LogP contribution in [-0.2, 0) is 12.3 Å². The summed E-state index contributed by atoms with van der Waals surface area (Å²) in [6.45, 7) is 0.948. The number of para-hydroxylation sites is 1. The number of pyridine rings is 1. The van der Waals surface area contributed by atoms with Gasteiger partial charge >= 0.3 is 0 Å². The van der Waals surface area contributed by atoms with E-state index in [0.29, 0.717) is 10.9 Å². The first-order valence-electron chi connectivity index (χ1n) is 6.35. The zero-order valence-corrected chi connectivity index (χ0v) is 12.0. The van der Waals surface area contributed by atoms with Crippen LogP contribution in [0.5, 0.6) is 0 Å². The molecule has 1 aliphatic heterocycles. The molecule has 0 fully saturated rings. The Morgan fingerprint density at radius 3 is 2.89 bits per heavy atom. The molecule has 0 bridgehead atoms. The fraction of sp³-hybridized carbons (Fsp3) is 0.267. The van der Waals surface area contributed by atoms with Crippen molar-refractivity contribution < 1.29 is 0 Å². The van der Waals surface area contributed by atoms with Crippen molar-refractivity contribution in [2.75, 3.05) is 11.4 Å². The molecule has 98 valence electrons. The van der Waals surface area contributed by atoms with E-state index in [4.69, 9.17) is 23.2 Å². The van der Waals surface area contributed by atoms with Gasteiger partial charge in [0, 0.05) is 24.3 Å². The molecule has 0 atom stereocenters. The van der Waals surface area contributed by atoms with Gasteiger partial charge in [-0.15, -0.1) is 11.6 Å². The van der Waals surface area contributed by atoms with E-state index < -0.39 is 0 Å². The second kappa shape index (κ2) is 5.40. The standard InChI is InChI=1S/C15H14Cl2N2/c16-9-11-8-13(17)15(18-10-11)19-7-3-5-12-4-1-2-6-14(12)19/h1-2,4,6,8,10H,3,5,7,9H2. The lowest BCUT2D eigenvalue weighted by Gasteiger charge is -2.31. The third kappa shape index (κ3) is 2.43. The summed E-state index contributed by atoms with van der Waals surface area (Å²) in [5.74, 6) is 1.26. The SMILES string of the molecule is ClCc1cnc(N2CCCc3ccccc32)c(Cl)c1. The third-order valence-electron chi connectivity index (χ3n) is 3.40. The summed E-state index contributed by atoms with van der Waals surface area (Å²) in [7, 11) is 0. The third-order valence-corrected chi connectivity index (χ3v) is 3.99. The lowest BCUT2D eigenvalue weighted by molar-refractivity contribution is 0.759. The second-order valence-corrected chi connectivity index (χ2v) is 5.34. The quantitative estimate of drug-likeness (QED) is 0.755. The molecule has 0 saturated heterocycles. The highest BCUT2D eigenvalue weighted by molar-refractivity contribution is 6.33. The molecule has 0 aliphatic carbocycles. The van der Waals surface area contributed by atoms with Crippen molar-refractivity contribution in [1.82, 2.24) is 4.98 Å². The summed E-state index contributed by atoms with van der Waals surface area (Å²) in [5.41, 5.74) is 3.51. The Morgan fingerprint density at radius 2 is 2.11 bits per heavy atom. The minimum atomic E-state index is 0.434. The second-order valence-electron chi connectivity index (χ2n) is 4.67. The number of hydrogen-bond acceptors (Lipinski definition) is 2. The molecule has 1 aliphatic rings. The van der Waals surface area contributed by atoms with Gasteiger partial charge in [-0.1, -0.05) is 29.8 Å². The summed E-state index contributed by atoms with van der Waals surface area (Å²) in [6.07, 6.45) is 4.03. The fourth-order valence-electron chi connectivity index (χ4n) is 2.50. The molecule has 0 N–H and O–H groups in total. The molecule has 0 saturated carbocycles. The van der Waals surface area contributed by atoms with Gasteiger partial charge in [0.05, 0.1) is 5.02 Å². The Bertz CT molecular complexity index is 598. The van der Waals surface area contributed by atoms with Crippen molar-refractivity contribution >= 4 is 34.7 Å². The van der Waals surface area contributed by atoms with Crippen LogP contribution < -0.4 is 4.90 Å². The largest absolute Gasteiger partial charge is 0.325 e. The number of alkyl halides is 1. The Morgan fingerprint density at radius 1 is 1.26 bits per heavy atom. The van der Waals surface area contributed by atoms with E-state index in [2.05, 4.69) is 34.1 Å². The Hall–Kier alpha value is -1.25. The maximum absolute atomic E-state index is 6.35. The van der Waals surface area contributed by atoms with Crippen molar-refractivity contribution in [2.24, 2.45) is 0 Å². The normalized spacial score (nSPS) is 14.3. The Kier molecular flexibility index (Phi) is 3.63. The van der Waals surface area contributed by atoms with Crippen molar-refractivity contribution in [3.8, 4) is 0 Å². The molecule has 1 aromatic carbocycles. The predicted molar refractivity (Wildman–Crippen MR) is 80.6 cm³/mol. The first-order chi connectivity index (χ1) is 9.29. The Balaban J connectivity index is 2.04. The van der Waals surface area contributed by atoms with Crippen molar-refractivity contribution in [3.63, 3.8) is 0 Å². The zero-order valence-electron chi connectivity index (χ0n) is 10.4. The van der Waals surface area contributed by atoms with Gasteiger partial charge in [-0.2, -0.15) is 0 Å². The number of halogens is 2. The van der Waals surface area contributed by atoms with Gasteiger partial charge in [-0.3, -0.25) is 0 Å². The number of rotatable bonds is 2. The molecule has 1 aromatic heterocycles. The molecule has 4 heteroatoms. The summed E-state index contributed by atoms with van der Waals surface area (Å²) >= 11 is 12.2. The molecule has 0 radical (unpaired) electrons. The van der Waals surface area contributed by atoms with Gasteiger partial charge in [0.1, 0.15) is 0 Å². The van der Waals surface area contributed by atoms with Crippen LogP contribution in [0.1, 0.15) is 17.5 Å². The van der Waals surface area contributed by atoms with Crippen LogP contribution >= 0.6 is 23.2 Å². The lowest BCUT2D eigenvalue weighted by atomic mass is 10.0. The van der Waals surface area contributed by atoms with Crippen LogP contribution in [0.3, 0.4) is 0 Å². The van der Waals surface area contributed by atoms with Crippen molar-refractivity contribution in [2.45, 2.75) is 18.7 Å². The van der Waals surface area contributed by atoms with Crippen molar-refractivity contribution in [1.29, 1.82) is 0 Å². The summed E-state index contributed by atoms with van der Waals surface area (Å²) in [4.78, 5) is 6.67. The van der Waals surface area contributed by atoms with Gasteiger partial charge in [-0.25, -0.2) is 4.98 Å². The minimum absolute atomic E-state index is 0.434. The summed E-state index contributed by atoms with van der Waals surface area (Å²) in [5, 5.41) is 0.662. The van der Waals surface area contributed by atoms with E-state index in [0.717, 1.165) is 30.8 Å². The average Bonchev–Trinajstić information content (AvgIpc) is 2.46. The van der Waals surface area contributed by atoms with Crippen molar-refractivity contribution in [3.05, 3.63) is 52.7 Å². The summed E-state index contributed by atoms with van der Waals surface area (Å²) < 4.78 is 0. The summed E-state index contributed by atoms with van der Waals surface area (Å²) in [6, 6.07) is 10.3. The topological polar surface area (TPSA) is 16.1 Å². The Labute approximate surface area is 123 Å². The van der Waals surface area contributed by atoms with Crippen LogP contribution in [0.2, 0.25) is 5.02 Å². The van der Waals surface area contributed by atoms with E-state index in [1.54, 1.807) is 6.20 Å². The molecular formula is C15H14Cl2N2. The van der Waals surface area contributed by atoms with E-state index in [-0.39, 0.29) is 0 Å². The van der Waals surface area contributed by atoms with Crippen LogP contribution in [0.4, 0.5) is 11.5 Å². The van der Waals surface area contributed by atoms with Crippen LogP contribution in [0.25, 0.3) is 0 Å². The number of aryl methyl sites for hydroxylation is 1. The van der Waals surface area contributed by atoms with Gasteiger partial charge in [0.25, 0.3) is 0 Å². The van der Waals surface area contributed by atoms with Gasteiger partial charge in [0.2, 0.25) is 0 Å². The number of fused-ring (bicyclic) bond motifs is 1. The number of aromatic nitrogens is 1. The van der Waals surface area contributed by atoms with E-state index in [1.807, 2.05) is 6.07 Å². The maximum atomic E-state index is 6.35. The highest BCUT2D eigenvalue weighted by Gasteiger charge is 2.20. The molecular weight excluding hydrogens is 279 g/mol. The van der Waals surface area contributed by atoms with E-state index in [1.165, 1.54) is 11.3 Å². The molecule has 3 rings (SSSR count). The van der Waals surface area contributed by atoms with Gasteiger partial charge in [0.15, 0.2) is 5.82 Å². The molecule has 0 unspecified atom stereocenters. The smallest absolute Gasteiger partial charge is 0.151 e. The van der Waals surface area contributed by atoms with Gasteiger partial charge < -0.3 is 4.90 Å². The van der Waals surface area contributed by atoms with E-state index >= 15 is 0 Å². The number of benzene rings is 1. The minimum Gasteiger partial charge on any atom is -0.325 e. The lowest BCUT2D eigenvalue weighted by Crippen LogP contribution is -2.25. The van der Waals surface area contributed by atoms with Crippen LogP contribution in [0.15, 0.2) is 36.5 Å². The first-order valence-corrected chi connectivity index (χ1v) is 7.26. The van der Waals surface area contributed by atoms with Gasteiger partial charge in [-0.05, 0) is 36.1 Å². The fourth-order valence-corrected chi connectivity index (χ4v) is 2.93. The zero-order chi connectivity index (χ0) is 13.2. The molecule has 0 amide bonds.